The molecule has 27 heavy (non-hydrogen) atoms. The van der Waals surface area contributed by atoms with Crippen molar-refractivity contribution >= 4 is 0 Å². The average molecular weight is 358 g/mol. The van der Waals surface area contributed by atoms with Gasteiger partial charge in [0.1, 0.15) is 17.4 Å². The van der Waals surface area contributed by atoms with E-state index in [0.717, 1.165) is 33.7 Å². The van der Waals surface area contributed by atoms with Crippen molar-refractivity contribution in [1.82, 2.24) is 10.2 Å². The number of rotatable bonds is 3. The first kappa shape index (κ1) is 16.7. The molecule has 0 aliphatic carbocycles. The van der Waals surface area contributed by atoms with Crippen molar-refractivity contribution in [3.05, 3.63) is 76.7 Å². The molecule has 1 aromatic heterocycles. The fourth-order valence-electron chi connectivity index (χ4n) is 3.41. The lowest BCUT2D eigenvalue weighted by Gasteiger charge is -2.24. The lowest BCUT2D eigenvalue weighted by atomic mass is 9.82. The summed E-state index contributed by atoms with van der Waals surface area (Å²) < 4.78 is 10.9. The van der Waals surface area contributed by atoms with E-state index in [9.17, 15) is 5.26 Å². The zero-order valence-electron chi connectivity index (χ0n) is 15.0. The van der Waals surface area contributed by atoms with E-state index in [4.69, 9.17) is 15.2 Å². The Balaban J connectivity index is 1.92. The van der Waals surface area contributed by atoms with Crippen molar-refractivity contribution in [1.29, 1.82) is 5.26 Å². The quantitative estimate of drug-likeness (QED) is 0.745. The number of aromatic amines is 1. The Labute approximate surface area is 156 Å². The molecule has 0 amide bonds. The van der Waals surface area contributed by atoms with Crippen LogP contribution in [-0.2, 0) is 0 Å². The second-order valence-electron chi connectivity index (χ2n) is 6.38. The molecule has 6 nitrogen and oxygen atoms in total. The molecule has 1 aliphatic rings. The normalized spacial score (nSPS) is 15.7. The molecule has 1 atom stereocenters. The van der Waals surface area contributed by atoms with Crippen LogP contribution in [0.5, 0.6) is 11.6 Å². The molecule has 2 aromatic carbocycles. The van der Waals surface area contributed by atoms with E-state index < -0.39 is 0 Å². The number of nitrogens with one attached hydrogen (secondary N) is 1. The molecule has 134 valence electrons. The average Bonchev–Trinajstić information content (AvgIpc) is 3.10. The first-order chi connectivity index (χ1) is 13.1. The summed E-state index contributed by atoms with van der Waals surface area (Å²) in [4.78, 5) is 0. The van der Waals surface area contributed by atoms with Crippen LogP contribution < -0.4 is 15.2 Å². The lowest BCUT2D eigenvalue weighted by molar-refractivity contribution is 0.379. The molecule has 0 saturated carbocycles. The van der Waals surface area contributed by atoms with Crippen molar-refractivity contribution in [2.75, 3.05) is 7.11 Å². The minimum atomic E-state index is -0.352. The Morgan fingerprint density at radius 3 is 2.67 bits per heavy atom. The number of nitrogens with zero attached hydrogens (tertiary/aromatic N) is 2. The predicted octanol–water partition coefficient (Wildman–Crippen LogP) is 3.61. The zero-order valence-corrected chi connectivity index (χ0v) is 15.0. The summed E-state index contributed by atoms with van der Waals surface area (Å²) in [6.45, 7) is 2.02. The van der Waals surface area contributed by atoms with Crippen molar-refractivity contribution in [2.45, 2.75) is 12.8 Å². The van der Waals surface area contributed by atoms with E-state index >= 15 is 0 Å². The second kappa shape index (κ2) is 6.54. The molecule has 6 heteroatoms. The monoisotopic (exact) mass is 358 g/mol. The third-order valence-corrected chi connectivity index (χ3v) is 4.69. The summed E-state index contributed by atoms with van der Waals surface area (Å²) in [5, 5.41) is 17.1. The Bertz CT molecular complexity index is 1070. The third-order valence-electron chi connectivity index (χ3n) is 4.69. The van der Waals surface area contributed by atoms with Gasteiger partial charge in [-0.1, -0.05) is 29.8 Å². The zero-order chi connectivity index (χ0) is 19.0. The van der Waals surface area contributed by atoms with E-state index in [1.807, 2.05) is 49.4 Å². The van der Waals surface area contributed by atoms with Crippen LogP contribution in [0.25, 0.3) is 11.3 Å². The maximum Gasteiger partial charge on any atom is 0.244 e. The van der Waals surface area contributed by atoms with Crippen molar-refractivity contribution in [2.24, 2.45) is 5.73 Å². The van der Waals surface area contributed by atoms with Gasteiger partial charge in [0, 0.05) is 5.56 Å². The van der Waals surface area contributed by atoms with Gasteiger partial charge in [-0.2, -0.15) is 5.26 Å². The molecule has 0 radical (unpaired) electrons. The summed E-state index contributed by atoms with van der Waals surface area (Å²) in [5.41, 5.74) is 11.0. The Morgan fingerprint density at radius 2 is 2.00 bits per heavy atom. The summed E-state index contributed by atoms with van der Waals surface area (Å²) in [7, 11) is 1.63. The molecule has 4 rings (SSSR count). The summed E-state index contributed by atoms with van der Waals surface area (Å²) in [5.74, 6) is 0.892. The van der Waals surface area contributed by atoms with Gasteiger partial charge < -0.3 is 15.2 Å². The number of aromatic nitrogens is 2. The third kappa shape index (κ3) is 2.79. The molecule has 0 fully saturated rings. The van der Waals surface area contributed by atoms with Gasteiger partial charge in [-0.05, 0) is 36.8 Å². The summed E-state index contributed by atoms with van der Waals surface area (Å²) >= 11 is 0. The fourth-order valence-corrected chi connectivity index (χ4v) is 3.41. The maximum atomic E-state index is 9.74. The van der Waals surface area contributed by atoms with Gasteiger partial charge in [-0.25, -0.2) is 0 Å². The van der Waals surface area contributed by atoms with Gasteiger partial charge >= 0.3 is 0 Å². The van der Waals surface area contributed by atoms with E-state index in [-0.39, 0.29) is 11.8 Å². The Kier molecular flexibility index (Phi) is 4.05. The molecule has 3 N–H and O–H groups in total. The first-order valence-electron chi connectivity index (χ1n) is 8.49. The van der Waals surface area contributed by atoms with E-state index in [0.29, 0.717) is 11.5 Å². The minimum Gasteiger partial charge on any atom is -0.497 e. The van der Waals surface area contributed by atoms with Crippen LogP contribution in [0.3, 0.4) is 0 Å². The molecule has 0 saturated heterocycles. The van der Waals surface area contributed by atoms with Gasteiger partial charge in [0.05, 0.1) is 24.3 Å². The van der Waals surface area contributed by atoms with Crippen LogP contribution >= 0.6 is 0 Å². The molecular formula is C21H18N4O2. The molecule has 3 aromatic rings. The Hall–Kier alpha value is -3.72. The number of hydrogen-bond acceptors (Lipinski definition) is 5. The van der Waals surface area contributed by atoms with E-state index in [2.05, 4.69) is 22.3 Å². The predicted molar refractivity (Wildman–Crippen MR) is 101 cm³/mol. The van der Waals surface area contributed by atoms with Crippen molar-refractivity contribution < 1.29 is 9.47 Å². The van der Waals surface area contributed by atoms with Gasteiger partial charge in [-0.15, -0.1) is 5.10 Å². The topological polar surface area (TPSA) is 97.0 Å². The molecule has 0 bridgehead atoms. The highest BCUT2D eigenvalue weighted by molar-refractivity contribution is 5.71. The van der Waals surface area contributed by atoms with E-state index in [1.165, 1.54) is 0 Å². The second-order valence-corrected chi connectivity index (χ2v) is 6.38. The Morgan fingerprint density at radius 1 is 1.22 bits per heavy atom. The number of aryl methyl sites for hydroxylation is 1. The van der Waals surface area contributed by atoms with Crippen LogP contribution in [-0.4, -0.2) is 17.3 Å². The number of benzene rings is 2. The minimum absolute atomic E-state index is 0.0873. The number of nitriles is 1. The van der Waals surface area contributed by atoms with Crippen LogP contribution in [0.4, 0.5) is 0 Å². The van der Waals surface area contributed by atoms with Gasteiger partial charge in [0.2, 0.25) is 11.8 Å². The van der Waals surface area contributed by atoms with Gasteiger partial charge in [0.25, 0.3) is 0 Å². The summed E-state index contributed by atoms with van der Waals surface area (Å²) in [6, 6.07) is 17.9. The standard InChI is InChI=1S/C21H18N4O2/c1-12-4-3-5-14(10-12)17-16(11-22)20(23)27-21-18(17)19(24-25-21)13-6-8-15(26-2)9-7-13/h3-10,17H,23H2,1-2H3,(H,24,25). The van der Waals surface area contributed by atoms with Crippen LogP contribution in [0.2, 0.25) is 0 Å². The van der Waals surface area contributed by atoms with Crippen LogP contribution in [0, 0.1) is 18.3 Å². The number of methoxy groups -OCH3 is 1. The highest BCUT2D eigenvalue weighted by atomic mass is 16.5. The van der Waals surface area contributed by atoms with Crippen molar-refractivity contribution in [3.8, 4) is 29.0 Å². The van der Waals surface area contributed by atoms with E-state index in [1.54, 1.807) is 7.11 Å². The highest BCUT2D eigenvalue weighted by Gasteiger charge is 2.35. The molecule has 0 spiro atoms. The number of nitrogens with two attached hydrogens (primary N) is 1. The number of fused-ring (bicyclic) bond motifs is 1. The number of allylic oxidation sites excluding steroid dienone is 1. The SMILES string of the molecule is COc1ccc(-c2[nH]nc3c2C(c2cccc(C)c2)C(C#N)=C(N)O3)cc1. The molecule has 1 aliphatic heterocycles. The lowest BCUT2D eigenvalue weighted by Crippen LogP contribution is -2.21. The van der Waals surface area contributed by atoms with Gasteiger partial charge in [-0.3, -0.25) is 5.10 Å². The number of H-pyrrole nitrogens is 1. The van der Waals surface area contributed by atoms with Crippen LogP contribution in [0.15, 0.2) is 60.0 Å². The summed E-state index contributed by atoms with van der Waals surface area (Å²) in [6.07, 6.45) is 0. The fraction of sp³-hybridized carbons (Fsp3) is 0.143. The molecule has 2 heterocycles. The molecular weight excluding hydrogens is 340 g/mol. The highest BCUT2D eigenvalue weighted by Crippen LogP contribution is 2.45. The number of hydrogen-bond donors (Lipinski definition) is 2. The first-order valence-corrected chi connectivity index (χ1v) is 8.49. The van der Waals surface area contributed by atoms with Gasteiger partial charge in [0.15, 0.2) is 0 Å². The smallest absolute Gasteiger partial charge is 0.244 e. The largest absolute Gasteiger partial charge is 0.497 e. The van der Waals surface area contributed by atoms with Crippen LogP contribution in [0.1, 0.15) is 22.6 Å². The number of ether oxygens (including phenoxy) is 2. The maximum absolute atomic E-state index is 9.74. The molecule has 1 unspecified atom stereocenters. The van der Waals surface area contributed by atoms with Crippen molar-refractivity contribution in [3.63, 3.8) is 0 Å².